The molecular weight excluding hydrogens is 242 g/mol. The van der Waals surface area contributed by atoms with Gasteiger partial charge in [0.1, 0.15) is 5.75 Å². The van der Waals surface area contributed by atoms with Crippen molar-refractivity contribution in [3.63, 3.8) is 0 Å². The minimum absolute atomic E-state index is 0.0431. The molecule has 1 aliphatic heterocycles. The third kappa shape index (κ3) is 3.70. The number of amides is 1. The Balaban J connectivity index is 1.91. The standard InChI is InChI=1S/C15H21NO3/c1-3-18-13-8-6-12(7-9-13)15(17)16-11(2)14-5-4-10-19-14/h6-9,11,14H,3-5,10H2,1-2H3,(H,16,17)/t11-,14-/m0/s1. The van der Waals surface area contributed by atoms with Crippen LogP contribution in [-0.2, 0) is 4.74 Å². The highest BCUT2D eigenvalue weighted by atomic mass is 16.5. The molecule has 1 aromatic carbocycles. The van der Waals surface area contributed by atoms with Gasteiger partial charge in [0.15, 0.2) is 0 Å². The summed E-state index contributed by atoms with van der Waals surface area (Å²) in [6.45, 7) is 5.35. The molecule has 1 amide bonds. The Labute approximate surface area is 114 Å². The summed E-state index contributed by atoms with van der Waals surface area (Å²) in [5, 5.41) is 2.98. The lowest BCUT2D eigenvalue weighted by Gasteiger charge is -2.20. The van der Waals surface area contributed by atoms with Crippen molar-refractivity contribution in [2.45, 2.75) is 38.8 Å². The summed E-state index contributed by atoms with van der Waals surface area (Å²) in [6, 6.07) is 7.23. The first-order chi connectivity index (χ1) is 9.20. The van der Waals surface area contributed by atoms with Crippen LogP contribution in [0.5, 0.6) is 5.75 Å². The Morgan fingerprint density at radius 1 is 1.47 bits per heavy atom. The predicted molar refractivity (Wildman–Crippen MR) is 73.5 cm³/mol. The van der Waals surface area contributed by atoms with Gasteiger partial charge in [0.05, 0.1) is 18.8 Å². The van der Waals surface area contributed by atoms with E-state index in [0.29, 0.717) is 12.2 Å². The molecule has 4 heteroatoms. The van der Waals surface area contributed by atoms with Crippen LogP contribution in [0.25, 0.3) is 0 Å². The van der Waals surface area contributed by atoms with Gasteiger partial charge in [0.2, 0.25) is 0 Å². The molecule has 4 nitrogen and oxygen atoms in total. The second-order valence-electron chi connectivity index (χ2n) is 4.77. The summed E-state index contributed by atoms with van der Waals surface area (Å²) < 4.78 is 10.9. The molecule has 0 radical (unpaired) electrons. The summed E-state index contributed by atoms with van der Waals surface area (Å²) in [6.07, 6.45) is 2.24. The van der Waals surface area contributed by atoms with Gasteiger partial charge in [0.25, 0.3) is 5.91 Å². The third-order valence-electron chi connectivity index (χ3n) is 3.31. The molecule has 1 heterocycles. The molecular formula is C15H21NO3. The maximum atomic E-state index is 12.1. The lowest BCUT2D eigenvalue weighted by atomic mass is 10.1. The minimum atomic E-state index is -0.0638. The van der Waals surface area contributed by atoms with Crippen LogP contribution in [0.2, 0.25) is 0 Å². The Morgan fingerprint density at radius 2 is 2.21 bits per heavy atom. The van der Waals surface area contributed by atoms with Crippen LogP contribution in [0.15, 0.2) is 24.3 Å². The number of carbonyl (C=O) groups excluding carboxylic acids is 1. The first kappa shape index (κ1) is 13.9. The molecule has 1 N–H and O–H groups in total. The highest BCUT2D eigenvalue weighted by molar-refractivity contribution is 5.94. The Bertz CT molecular complexity index is 410. The third-order valence-corrected chi connectivity index (χ3v) is 3.31. The van der Waals surface area contributed by atoms with Crippen LogP contribution >= 0.6 is 0 Å². The molecule has 19 heavy (non-hydrogen) atoms. The van der Waals surface area contributed by atoms with E-state index in [9.17, 15) is 4.79 Å². The van der Waals surface area contributed by atoms with Gasteiger partial charge in [-0.3, -0.25) is 4.79 Å². The number of rotatable bonds is 5. The van der Waals surface area contributed by atoms with Crippen molar-refractivity contribution in [1.29, 1.82) is 0 Å². The summed E-state index contributed by atoms with van der Waals surface area (Å²) in [7, 11) is 0. The number of hydrogen-bond donors (Lipinski definition) is 1. The summed E-state index contributed by atoms with van der Waals surface area (Å²) >= 11 is 0. The Kier molecular flexibility index (Phi) is 4.80. The molecule has 2 atom stereocenters. The van der Waals surface area contributed by atoms with Crippen molar-refractivity contribution in [2.24, 2.45) is 0 Å². The van der Waals surface area contributed by atoms with E-state index < -0.39 is 0 Å². The molecule has 1 fully saturated rings. The van der Waals surface area contributed by atoms with Crippen LogP contribution in [0.3, 0.4) is 0 Å². The highest BCUT2D eigenvalue weighted by Gasteiger charge is 2.23. The monoisotopic (exact) mass is 263 g/mol. The summed E-state index contributed by atoms with van der Waals surface area (Å²) in [5.74, 6) is 0.720. The first-order valence-corrected chi connectivity index (χ1v) is 6.86. The van der Waals surface area contributed by atoms with Crippen LogP contribution in [0.1, 0.15) is 37.0 Å². The lowest BCUT2D eigenvalue weighted by Crippen LogP contribution is -2.40. The summed E-state index contributed by atoms with van der Waals surface area (Å²) in [5.41, 5.74) is 0.647. The molecule has 2 rings (SSSR count). The van der Waals surface area contributed by atoms with Crippen LogP contribution in [0, 0.1) is 0 Å². The first-order valence-electron chi connectivity index (χ1n) is 6.86. The van der Waals surface area contributed by atoms with Crippen molar-refractivity contribution in [2.75, 3.05) is 13.2 Å². The molecule has 1 aliphatic rings. The van der Waals surface area contributed by atoms with Crippen molar-refractivity contribution in [3.05, 3.63) is 29.8 Å². The van der Waals surface area contributed by atoms with E-state index in [4.69, 9.17) is 9.47 Å². The van der Waals surface area contributed by atoms with Gasteiger partial charge in [-0.2, -0.15) is 0 Å². The van der Waals surface area contributed by atoms with Crippen molar-refractivity contribution in [1.82, 2.24) is 5.32 Å². The lowest BCUT2D eigenvalue weighted by molar-refractivity contribution is 0.0712. The SMILES string of the molecule is CCOc1ccc(C(=O)N[C@@H](C)[C@@H]2CCCO2)cc1. The Morgan fingerprint density at radius 3 is 2.79 bits per heavy atom. The maximum absolute atomic E-state index is 12.1. The minimum Gasteiger partial charge on any atom is -0.494 e. The van der Waals surface area contributed by atoms with Gasteiger partial charge in [-0.15, -0.1) is 0 Å². The number of hydrogen-bond acceptors (Lipinski definition) is 3. The smallest absolute Gasteiger partial charge is 0.251 e. The molecule has 104 valence electrons. The van der Waals surface area contributed by atoms with E-state index in [1.165, 1.54) is 0 Å². The summed E-state index contributed by atoms with van der Waals surface area (Å²) in [4.78, 5) is 12.1. The van der Waals surface area contributed by atoms with Crippen molar-refractivity contribution < 1.29 is 14.3 Å². The van der Waals surface area contributed by atoms with Gasteiger partial charge in [0, 0.05) is 12.2 Å². The number of nitrogens with one attached hydrogen (secondary N) is 1. The number of ether oxygens (including phenoxy) is 2. The molecule has 0 bridgehead atoms. The molecule has 0 saturated carbocycles. The molecule has 0 aliphatic carbocycles. The predicted octanol–water partition coefficient (Wildman–Crippen LogP) is 2.38. The van der Waals surface area contributed by atoms with E-state index in [-0.39, 0.29) is 18.1 Å². The molecule has 0 unspecified atom stereocenters. The quantitative estimate of drug-likeness (QED) is 0.887. The van der Waals surface area contributed by atoms with Gasteiger partial charge >= 0.3 is 0 Å². The topological polar surface area (TPSA) is 47.6 Å². The zero-order chi connectivity index (χ0) is 13.7. The number of benzene rings is 1. The van der Waals surface area contributed by atoms with E-state index in [1.54, 1.807) is 12.1 Å². The van der Waals surface area contributed by atoms with Crippen LogP contribution < -0.4 is 10.1 Å². The van der Waals surface area contributed by atoms with E-state index in [0.717, 1.165) is 25.2 Å². The van der Waals surface area contributed by atoms with E-state index in [2.05, 4.69) is 5.32 Å². The fourth-order valence-corrected chi connectivity index (χ4v) is 2.25. The largest absolute Gasteiger partial charge is 0.494 e. The van der Waals surface area contributed by atoms with Crippen LogP contribution in [0.4, 0.5) is 0 Å². The highest BCUT2D eigenvalue weighted by Crippen LogP contribution is 2.16. The van der Waals surface area contributed by atoms with Crippen molar-refractivity contribution >= 4 is 5.91 Å². The van der Waals surface area contributed by atoms with E-state index >= 15 is 0 Å². The van der Waals surface area contributed by atoms with Gasteiger partial charge in [-0.1, -0.05) is 0 Å². The Hall–Kier alpha value is -1.55. The maximum Gasteiger partial charge on any atom is 0.251 e. The van der Waals surface area contributed by atoms with Gasteiger partial charge in [-0.25, -0.2) is 0 Å². The van der Waals surface area contributed by atoms with Crippen molar-refractivity contribution in [3.8, 4) is 5.75 Å². The second kappa shape index (κ2) is 6.57. The average Bonchev–Trinajstić information content (AvgIpc) is 2.94. The second-order valence-corrected chi connectivity index (χ2v) is 4.77. The average molecular weight is 263 g/mol. The van der Waals surface area contributed by atoms with Crippen LogP contribution in [-0.4, -0.2) is 31.3 Å². The molecule has 0 spiro atoms. The van der Waals surface area contributed by atoms with Gasteiger partial charge in [-0.05, 0) is 51.0 Å². The number of carbonyl (C=O) groups is 1. The fraction of sp³-hybridized carbons (Fsp3) is 0.533. The molecule has 0 aromatic heterocycles. The molecule has 1 aromatic rings. The fourth-order valence-electron chi connectivity index (χ4n) is 2.25. The van der Waals surface area contributed by atoms with E-state index in [1.807, 2.05) is 26.0 Å². The van der Waals surface area contributed by atoms with Gasteiger partial charge < -0.3 is 14.8 Å². The normalized spacial score (nSPS) is 20.0. The molecule has 1 saturated heterocycles. The zero-order valence-corrected chi connectivity index (χ0v) is 11.5. The zero-order valence-electron chi connectivity index (χ0n) is 11.5.